The maximum Gasteiger partial charge on any atom is 0.420 e. The molecule has 2 N–H and O–H groups in total. The van der Waals surface area contributed by atoms with E-state index in [1.54, 1.807) is 39.0 Å². The van der Waals surface area contributed by atoms with Crippen molar-refractivity contribution in [1.82, 2.24) is 14.5 Å². The monoisotopic (exact) mass is 464 g/mol. The van der Waals surface area contributed by atoms with E-state index < -0.39 is 29.9 Å². The Balaban J connectivity index is 1.44. The third kappa shape index (κ3) is 4.94. The number of nitrogens with two attached hydrogens (primary N) is 1. The van der Waals surface area contributed by atoms with Crippen molar-refractivity contribution in [1.29, 1.82) is 0 Å². The fourth-order valence-electron chi connectivity index (χ4n) is 3.95. The second kappa shape index (κ2) is 9.26. The standard InChI is InChI=1S/C25H28N4O5/c1-25(2,3)34-24(32)29-15-27-19-13-17(9-10-20(19)29)21(30)18-11-12-28(22(18)26)23(31)33-14-16-7-5-4-6-8-16/h4-10,13,15,18,22H,11-12,14,26H2,1-3H3. The minimum atomic E-state index is -0.786. The highest BCUT2D eigenvalue weighted by Gasteiger charge is 2.40. The van der Waals surface area contributed by atoms with Gasteiger partial charge in [0.1, 0.15) is 18.5 Å². The predicted molar refractivity (Wildman–Crippen MR) is 125 cm³/mol. The lowest BCUT2D eigenvalue weighted by Gasteiger charge is -2.23. The fraction of sp³-hybridized carbons (Fsp3) is 0.360. The van der Waals surface area contributed by atoms with Gasteiger partial charge in [-0.15, -0.1) is 0 Å². The van der Waals surface area contributed by atoms with Crippen molar-refractivity contribution in [3.05, 3.63) is 66.0 Å². The van der Waals surface area contributed by atoms with Crippen LogP contribution in [-0.4, -0.2) is 50.7 Å². The van der Waals surface area contributed by atoms with Crippen molar-refractivity contribution in [2.24, 2.45) is 11.7 Å². The van der Waals surface area contributed by atoms with Crippen molar-refractivity contribution in [3.8, 4) is 0 Å². The minimum absolute atomic E-state index is 0.137. The Morgan fingerprint density at radius 3 is 2.53 bits per heavy atom. The molecular weight excluding hydrogens is 436 g/mol. The molecule has 2 atom stereocenters. The number of hydrogen-bond acceptors (Lipinski definition) is 7. The van der Waals surface area contributed by atoms with Gasteiger partial charge in [-0.2, -0.15) is 0 Å². The third-order valence-corrected chi connectivity index (χ3v) is 5.65. The van der Waals surface area contributed by atoms with Crippen LogP contribution in [0, 0.1) is 5.92 Å². The van der Waals surface area contributed by atoms with Gasteiger partial charge in [-0.05, 0) is 51.0 Å². The number of likely N-dealkylation sites (tertiary alicyclic amines) is 1. The lowest BCUT2D eigenvalue weighted by Crippen LogP contribution is -2.46. The van der Waals surface area contributed by atoms with Crippen LogP contribution in [0.25, 0.3) is 11.0 Å². The summed E-state index contributed by atoms with van der Waals surface area (Å²) in [7, 11) is 0. The van der Waals surface area contributed by atoms with Gasteiger partial charge < -0.3 is 15.2 Å². The van der Waals surface area contributed by atoms with Crippen molar-refractivity contribution in [3.63, 3.8) is 0 Å². The normalized spacial score (nSPS) is 18.2. The molecule has 1 aliphatic rings. The summed E-state index contributed by atoms with van der Waals surface area (Å²) in [6.45, 7) is 5.82. The highest BCUT2D eigenvalue weighted by molar-refractivity contribution is 6.01. The molecule has 1 aliphatic heterocycles. The molecule has 34 heavy (non-hydrogen) atoms. The van der Waals surface area contributed by atoms with E-state index in [-0.39, 0.29) is 12.4 Å². The maximum atomic E-state index is 13.2. The number of Topliss-reactive ketones (excluding diaryl/α,β-unsaturated/α-hetero) is 1. The molecule has 3 aromatic rings. The first-order valence-corrected chi connectivity index (χ1v) is 11.1. The quantitative estimate of drug-likeness (QED) is 0.581. The van der Waals surface area contributed by atoms with Gasteiger partial charge in [0.05, 0.1) is 23.1 Å². The zero-order valence-corrected chi connectivity index (χ0v) is 19.4. The fourth-order valence-corrected chi connectivity index (χ4v) is 3.95. The first-order valence-electron chi connectivity index (χ1n) is 11.1. The van der Waals surface area contributed by atoms with E-state index in [0.717, 1.165) is 5.56 Å². The van der Waals surface area contributed by atoms with E-state index in [1.165, 1.54) is 15.8 Å². The molecule has 178 valence electrons. The molecule has 0 bridgehead atoms. The topological polar surface area (TPSA) is 117 Å². The predicted octanol–water partition coefficient (Wildman–Crippen LogP) is 3.95. The number of aromatic nitrogens is 2. The molecule has 0 radical (unpaired) electrons. The van der Waals surface area contributed by atoms with E-state index in [4.69, 9.17) is 15.2 Å². The zero-order chi connectivity index (χ0) is 24.5. The number of ether oxygens (including phenoxy) is 2. The summed E-state index contributed by atoms with van der Waals surface area (Å²) in [5.74, 6) is -0.741. The first kappa shape index (κ1) is 23.4. The average Bonchev–Trinajstić information content (AvgIpc) is 3.39. The molecule has 0 aliphatic carbocycles. The van der Waals surface area contributed by atoms with Crippen LogP contribution in [0.4, 0.5) is 9.59 Å². The zero-order valence-electron chi connectivity index (χ0n) is 19.4. The summed E-state index contributed by atoms with van der Waals surface area (Å²) < 4.78 is 12.1. The number of nitrogens with zero attached hydrogens (tertiary/aromatic N) is 3. The highest BCUT2D eigenvalue weighted by atomic mass is 16.6. The van der Waals surface area contributed by atoms with Crippen molar-refractivity contribution in [2.45, 2.75) is 45.6 Å². The molecule has 1 saturated heterocycles. The Morgan fingerprint density at radius 1 is 1.09 bits per heavy atom. The summed E-state index contributed by atoms with van der Waals surface area (Å²) in [5.41, 5.74) is 7.94. The summed E-state index contributed by atoms with van der Waals surface area (Å²) in [6.07, 6.45) is -0.0654. The molecule has 9 nitrogen and oxygen atoms in total. The van der Waals surface area contributed by atoms with Crippen LogP contribution in [0.2, 0.25) is 0 Å². The summed E-state index contributed by atoms with van der Waals surface area (Å²) in [4.78, 5) is 43.8. The Bertz CT molecular complexity index is 1220. The number of carbonyl (C=O) groups is 3. The van der Waals surface area contributed by atoms with Crippen LogP contribution < -0.4 is 5.73 Å². The molecule has 0 saturated carbocycles. The first-order chi connectivity index (χ1) is 16.1. The molecule has 0 spiro atoms. The molecule has 2 heterocycles. The Kier molecular flexibility index (Phi) is 6.39. The van der Waals surface area contributed by atoms with Gasteiger partial charge in [0.2, 0.25) is 0 Å². The summed E-state index contributed by atoms with van der Waals surface area (Å²) in [6, 6.07) is 14.3. The van der Waals surface area contributed by atoms with Crippen LogP contribution >= 0.6 is 0 Å². The second-order valence-electron chi connectivity index (χ2n) is 9.28. The number of benzene rings is 2. The highest BCUT2D eigenvalue weighted by Crippen LogP contribution is 2.27. The Labute approximate surface area is 197 Å². The molecule has 1 amide bonds. The van der Waals surface area contributed by atoms with Gasteiger partial charge in [-0.1, -0.05) is 30.3 Å². The minimum Gasteiger partial charge on any atom is -0.445 e. The van der Waals surface area contributed by atoms with Crippen LogP contribution in [-0.2, 0) is 16.1 Å². The molecule has 1 aromatic heterocycles. The van der Waals surface area contributed by atoms with Crippen LogP contribution in [0.1, 0.15) is 43.1 Å². The van der Waals surface area contributed by atoms with Gasteiger partial charge in [-0.3, -0.25) is 9.69 Å². The number of fused-ring (bicyclic) bond motifs is 1. The lowest BCUT2D eigenvalue weighted by atomic mass is 9.94. The van der Waals surface area contributed by atoms with Crippen molar-refractivity contribution < 1.29 is 23.9 Å². The van der Waals surface area contributed by atoms with Crippen LogP contribution in [0.5, 0.6) is 0 Å². The molecule has 2 aromatic carbocycles. The van der Waals surface area contributed by atoms with E-state index in [2.05, 4.69) is 4.98 Å². The smallest absolute Gasteiger partial charge is 0.420 e. The average molecular weight is 465 g/mol. The van der Waals surface area contributed by atoms with Crippen LogP contribution in [0.15, 0.2) is 54.9 Å². The number of carbonyl (C=O) groups excluding carboxylic acids is 3. The Hall–Kier alpha value is -3.72. The molecule has 4 rings (SSSR count). The third-order valence-electron chi connectivity index (χ3n) is 5.65. The number of ketones is 1. The van der Waals surface area contributed by atoms with E-state index in [1.807, 2.05) is 30.3 Å². The van der Waals surface area contributed by atoms with E-state index >= 15 is 0 Å². The molecule has 1 fully saturated rings. The molecular formula is C25H28N4O5. The van der Waals surface area contributed by atoms with Gasteiger partial charge in [-0.25, -0.2) is 19.1 Å². The van der Waals surface area contributed by atoms with Crippen LogP contribution in [0.3, 0.4) is 0 Å². The van der Waals surface area contributed by atoms with Crippen molar-refractivity contribution in [2.75, 3.05) is 6.54 Å². The van der Waals surface area contributed by atoms with E-state index in [9.17, 15) is 14.4 Å². The molecule has 2 unspecified atom stereocenters. The van der Waals surface area contributed by atoms with E-state index in [0.29, 0.717) is 29.6 Å². The molecule has 9 heteroatoms. The van der Waals surface area contributed by atoms with Gasteiger partial charge in [0, 0.05) is 12.1 Å². The number of amides is 1. The SMILES string of the molecule is CC(C)(C)OC(=O)n1cnc2cc(C(=O)C3CCN(C(=O)OCc4ccccc4)C3N)ccc21. The lowest BCUT2D eigenvalue weighted by molar-refractivity contribution is 0.0543. The Morgan fingerprint density at radius 2 is 1.82 bits per heavy atom. The summed E-state index contributed by atoms with van der Waals surface area (Å²) in [5, 5.41) is 0. The number of rotatable bonds is 4. The van der Waals surface area contributed by atoms with Crippen molar-refractivity contribution >= 4 is 29.0 Å². The number of imidazole rings is 1. The maximum absolute atomic E-state index is 13.2. The van der Waals surface area contributed by atoms with Gasteiger partial charge in [0.15, 0.2) is 5.78 Å². The van der Waals surface area contributed by atoms with Gasteiger partial charge >= 0.3 is 12.2 Å². The number of hydrogen-bond donors (Lipinski definition) is 1. The second-order valence-corrected chi connectivity index (χ2v) is 9.28. The largest absolute Gasteiger partial charge is 0.445 e. The summed E-state index contributed by atoms with van der Waals surface area (Å²) >= 11 is 0. The van der Waals surface area contributed by atoms with Gasteiger partial charge in [0.25, 0.3) is 0 Å².